The van der Waals surface area contributed by atoms with Crippen LogP contribution < -0.4 is 10.1 Å². The average molecular weight is 500 g/mol. The minimum absolute atomic E-state index is 0.0229. The first-order valence-electron chi connectivity index (χ1n) is 11.9. The van der Waals surface area contributed by atoms with Crippen molar-refractivity contribution in [2.45, 2.75) is 69.5 Å². The third-order valence-corrected chi connectivity index (χ3v) is 7.73. The van der Waals surface area contributed by atoms with Crippen molar-refractivity contribution in [1.82, 2.24) is 25.0 Å². The number of carbonyl (C=O) groups excluding carboxylic acids is 1. The molecular formula is C23H32F3N5O2S. The van der Waals surface area contributed by atoms with Crippen molar-refractivity contribution in [3.63, 3.8) is 0 Å². The monoisotopic (exact) mass is 499 g/mol. The number of nitrogens with zero attached hydrogens (tertiary/aromatic N) is 4. The molecule has 1 fully saturated rings. The number of nitrogens with one attached hydrogen (secondary N) is 1. The van der Waals surface area contributed by atoms with E-state index in [2.05, 4.69) is 20.3 Å². The first-order valence-corrected chi connectivity index (χ1v) is 12.7. The van der Waals surface area contributed by atoms with Gasteiger partial charge in [0.2, 0.25) is 5.91 Å². The fourth-order valence-corrected chi connectivity index (χ4v) is 5.67. The van der Waals surface area contributed by atoms with Gasteiger partial charge in [-0.25, -0.2) is 18.2 Å². The second-order valence-electron chi connectivity index (χ2n) is 9.34. The molecule has 1 saturated carbocycles. The topological polar surface area (TPSA) is 72.3 Å². The van der Waals surface area contributed by atoms with Gasteiger partial charge in [-0.05, 0) is 44.1 Å². The standard InChI is InChI=1S/C23H32F3N5O2S/c1-30-14-16(13-27-30)12-21(32)28-17-2-6-23(26,7-3-17)8-11-31-9-4-18-19(5-10-31)34-22(29-18)33-15-20(24)25/h13-14,17,20H,2-12,15H2,1H3,(H,28,32)/t17-,23+. The van der Waals surface area contributed by atoms with Crippen molar-refractivity contribution in [2.75, 3.05) is 26.2 Å². The number of halogens is 3. The molecule has 0 bridgehead atoms. The lowest BCUT2D eigenvalue weighted by atomic mass is 9.81. The molecule has 1 amide bonds. The van der Waals surface area contributed by atoms with Gasteiger partial charge in [-0.1, -0.05) is 11.3 Å². The Kier molecular flexibility index (Phi) is 8.13. The summed E-state index contributed by atoms with van der Waals surface area (Å²) in [5.41, 5.74) is 0.583. The molecule has 3 heterocycles. The molecule has 2 aromatic heterocycles. The normalized spacial score (nSPS) is 23.5. The number of amides is 1. The Bertz CT molecular complexity index is 933. The van der Waals surface area contributed by atoms with E-state index in [0.29, 0.717) is 56.7 Å². The fourth-order valence-electron chi connectivity index (χ4n) is 4.72. The van der Waals surface area contributed by atoms with Crippen LogP contribution in [0.15, 0.2) is 12.4 Å². The van der Waals surface area contributed by atoms with Gasteiger partial charge >= 0.3 is 0 Å². The van der Waals surface area contributed by atoms with Crippen LogP contribution >= 0.6 is 11.3 Å². The Hall–Kier alpha value is -2.14. The number of alkyl halides is 3. The maximum Gasteiger partial charge on any atom is 0.273 e. The number of carbonyl (C=O) groups is 1. The Labute approximate surface area is 201 Å². The van der Waals surface area contributed by atoms with Gasteiger partial charge < -0.3 is 15.0 Å². The van der Waals surface area contributed by atoms with Gasteiger partial charge in [0, 0.05) is 50.2 Å². The first-order chi connectivity index (χ1) is 16.3. The van der Waals surface area contributed by atoms with Gasteiger partial charge in [0.05, 0.1) is 18.3 Å². The molecule has 1 N–H and O–H groups in total. The highest BCUT2D eigenvalue weighted by atomic mass is 32.1. The van der Waals surface area contributed by atoms with Crippen molar-refractivity contribution in [2.24, 2.45) is 7.05 Å². The first kappa shape index (κ1) is 25.0. The maximum atomic E-state index is 15.5. The predicted molar refractivity (Wildman–Crippen MR) is 123 cm³/mol. The van der Waals surface area contributed by atoms with Crippen LogP contribution in [0, 0.1) is 0 Å². The number of thiazole rings is 1. The summed E-state index contributed by atoms with van der Waals surface area (Å²) in [4.78, 5) is 20.0. The molecule has 11 heteroatoms. The Balaban J connectivity index is 1.17. The summed E-state index contributed by atoms with van der Waals surface area (Å²) in [7, 11) is 1.82. The zero-order chi connectivity index (χ0) is 24.1. The number of ether oxygens (including phenoxy) is 1. The van der Waals surface area contributed by atoms with E-state index < -0.39 is 18.7 Å². The number of hydrogen-bond donors (Lipinski definition) is 1. The van der Waals surface area contributed by atoms with Crippen molar-refractivity contribution in [3.05, 3.63) is 28.5 Å². The van der Waals surface area contributed by atoms with E-state index in [1.807, 2.05) is 13.2 Å². The molecule has 0 aromatic carbocycles. The summed E-state index contributed by atoms with van der Waals surface area (Å²) in [5.74, 6) is -0.0437. The van der Waals surface area contributed by atoms with Crippen LogP contribution in [0.1, 0.15) is 48.2 Å². The molecule has 7 nitrogen and oxygen atoms in total. The van der Waals surface area contributed by atoms with Crippen molar-refractivity contribution in [1.29, 1.82) is 0 Å². The SMILES string of the molecule is Cn1cc(CC(=O)N[C@H]2CC[C@](F)(CCN3CCc4nc(OCC(F)F)sc4CC3)CC2)cn1. The van der Waals surface area contributed by atoms with E-state index in [0.717, 1.165) is 35.6 Å². The zero-order valence-electron chi connectivity index (χ0n) is 19.4. The van der Waals surface area contributed by atoms with Crippen molar-refractivity contribution < 1.29 is 22.7 Å². The summed E-state index contributed by atoms with van der Waals surface area (Å²) in [5, 5.41) is 7.43. The minimum Gasteiger partial charge on any atom is -0.464 e. The van der Waals surface area contributed by atoms with Gasteiger partial charge in [-0.2, -0.15) is 5.10 Å². The molecule has 2 aliphatic rings. The smallest absolute Gasteiger partial charge is 0.273 e. The van der Waals surface area contributed by atoms with Gasteiger partial charge in [0.1, 0.15) is 5.67 Å². The number of hydrogen-bond acceptors (Lipinski definition) is 6. The minimum atomic E-state index is -2.51. The van der Waals surface area contributed by atoms with Crippen LogP contribution in [0.5, 0.6) is 5.19 Å². The lowest BCUT2D eigenvalue weighted by Gasteiger charge is -2.35. The molecule has 0 saturated heterocycles. The summed E-state index contributed by atoms with van der Waals surface area (Å²) in [6.45, 7) is 1.62. The Morgan fingerprint density at radius 1 is 1.32 bits per heavy atom. The molecule has 188 valence electrons. The van der Waals surface area contributed by atoms with Gasteiger partial charge in [-0.15, -0.1) is 0 Å². The summed E-state index contributed by atoms with van der Waals surface area (Å²) >= 11 is 1.34. The molecular weight excluding hydrogens is 467 g/mol. The summed E-state index contributed by atoms with van der Waals surface area (Å²) in [6, 6.07) is 0.0229. The van der Waals surface area contributed by atoms with Crippen LogP contribution in [0.4, 0.5) is 13.2 Å². The highest BCUT2D eigenvalue weighted by Crippen LogP contribution is 2.35. The zero-order valence-corrected chi connectivity index (χ0v) is 20.3. The van der Waals surface area contributed by atoms with Crippen molar-refractivity contribution >= 4 is 17.2 Å². The molecule has 4 rings (SSSR count). The second-order valence-corrected chi connectivity index (χ2v) is 10.4. The van der Waals surface area contributed by atoms with E-state index >= 15 is 4.39 Å². The van der Waals surface area contributed by atoms with E-state index in [1.165, 1.54) is 11.3 Å². The molecule has 0 spiro atoms. The van der Waals surface area contributed by atoms with Crippen LogP contribution in [-0.2, 0) is 31.1 Å². The van der Waals surface area contributed by atoms with Crippen LogP contribution in [0.25, 0.3) is 0 Å². The molecule has 2 aromatic rings. The van der Waals surface area contributed by atoms with Gasteiger partial charge in [0.15, 0.2) is 6.61 Å². The van der Waals surface area contributed by atoms with E-state index in [4.69, 9.17) is 4.74 Å². The van der Waals surface area contributed by atoms with E-state index in [1.54, 1.807) is 10.9 Å². The van der Waals surface area contributed by atoms with Crippen LogP contribution in [0.3, 0.4) is 0 Å². The highest BCUT2D eigenvalue weighted by molar-refractivity contribution is 7.13. The largest absolute Gasteiger partial charge is 0.464 e. The lowest BCUT2D eigenvalue weighted by Crippen LogP contribution is -2.43. The third-order valence-electron chi connectivity index (χ3n) is 6.66. The predicted octanol–water partition coefficient (Wildman–Crippen LogP) is 3.32. The molecule has 0 atom stereocenters. The van der Waals surface area contributed by atoms with Crippen molar-refractivity contribution in [3.8, 4) is 5.19 Å². The Morgan fingerprint density at radius 3 is 2.79 bits per heavy atom. The average Bonchev–Trinajstić information content (AvgIpc) is 3.33. The van der Waals surface area contributed by atoms with Crippen LogP contribution in [0.2, 0.25) is 0 Å². The fraction of sp³-hybridized carbons (Fsp3) is 0.696. The maximum absolute atomic E-state index is 15.5. The molecule has 1 aliphatic heterocycles. The number of fused-ring (bicyclic) bond motifs is 1. The quantitative estimate of drug-likeness (QED) is 0.573. The number of rotatable bonds is 9. The molecule has 0 unspecified atom stereocenters. The van der Waals surface area contributed by atoms with E-state index in [9.17, 15) is 13.6 Å². The second kappa shape index (κ2) is 11.1. The van der Waals surface area contributed by atoms with Gasteiger partial charge in [0.25, 0.3) is 11.6 Å². The number of aryl methyl sites for hydroxylation is 1. The summed E-state index contributed by atoms with van der Waals surface area (Å²) < 4.78 is 46.9. The lowest BCUT2D eigenvalue weighted by molar-refractivity contribution is -0.121. The molecule has 34 heavy (non-hydrogen) atoms. The molecule has 1 aliphatic carbocycles. The third kappa shape index (κ3) is 6.94. The van der Waals surface area contributed by atoms with E-state index in [-0.39, 0.29) is 11.9 Å². The Morgan fingerprint density at radius 2 is 2.09 bits per heavy atom. The van der Waals surface area contributed by atoms with Gasteiger partial charge in [-0.3, -0.25) is 9.48 Å². The van der Waals surface area contributed by atoms with Crippen LogP contribution in [-0.4, -0.2) is 69.9 Å². The summed E-state index contributed by atoms with van der Waals surface area (Å²) in [6.07, 6.45) is 5.48. The molecule has 0 radical (unpaired) electrons. The highest BCUT2D eigenvalue weighted by Gasteiger charge is 2.36. The number of aromatic nitrogens is 3.